The second kappa shape index (κ2) is 6.27. The lowest BCUT2D eigenvalue weighted by Crippen LogP contribution is -2.25. The molecule has 2 atom stereocenters. The number of aliphatic hydroxyl groups is 1. The highest BCUT2D eigenvalue weighted by molar-refractivity contribution is 5.30. The van der Waals surface area contributed by atoms with Crippen molar-refractivity contribution >= 4 is 0 Å². The van der Waals surface area contributed by atoms with Gasteiger partial charge in [-0.2, -0.15) is 0 Å². The van der Waals surface area contributed by atoms with Crippen molar-refractivity contribution in [3.63, 3.8) is 0 Å². The number of pyridine rings is 1. The van der Waals surface area contributed by atoms with Gasteiger partial charge in [0.15, 0.2) is 0 Å². The van der Waals surface area contributed by atoms with Crippen LogP contribution in [0.5, 0.6) is 5.75 Å². The molecular weight excluding hydrogens is 262 g/mol. The van der Waals surface area contributed by atoms with Gasteiger partial charge in [0.05, 0.1) is 13.2 Å². The fraction of sp³-hybridized carbons (Fsp3) is 0.389. The Morgan fingerprint density at radius 1 is 1.29 bits per heavy atom. The summed E-state index contributed by atoms with van der Waals surface area (Å²) in [7, 11) is 1.66. The molecule has 0 fully saturated rings. The Morgan fingerprint density at radius 3 is 2.86 bits per heavy atom. The van der Waals surface area contributed by atoms with Crippen LogP contribution in [0.1, 0.15) is 35.6 Å². The molecule has 0 bridgehead atoms. The summed E-state index contributed by atoms with van der Waals surface area (Å²) in [5.41, 5.74) is 3.51. The highest BCUT2D eigenvalue weighted by Crippen LogP contribution is 2.33. The van der Waals surface area contributed by atoms with Crippen molar-refractivity contribution in [2.24, 2.45) is 0 Å². The molecule has 1 heterocycles. The number of fused-ring (bicyclic) bond motifs is 1. The van der Waals surface area contributed by atoms with Crippen LogP contribution >= 0.6 is 0 Å². The van der Waals surface area contributed by atoms with Crippen LogP contribution in [0.15, 0.2) is 42.6 Å². The Balaban J connectivity index is 1.75. The normalized spacial score (nSPS) is 18.9. The van der Waals surface area contributed by atoms with Gasteiger partial charge in [-0.1, -0.05) is 18.2 Å². The van der Waals surface area contributed by atoms with E-state index in [9.17, 15) is 5.11 Å². The lowest BCUT2D eigenvalue weighted by Gasteiger charge is -2.28. The van der Waals surface area contributed by atoms with E-state index in [2.05, 4.69) is 11.1 Å². The summed E-state index contributed by atoms with van der Waals surface area (Å²) >= 11 is 0. The number of ether oxygens (including phenoxy) is 1. The van der Waals surface area contributed by atoms with E-state index in [1.165, 1.54) is 5.56 Å². The SMILES string of the molecule is COc1ccc(CC(O)C2CCCc3cccnc32)cc1. The van der Waals surface area contributed by atoms with Gasteiger partial charge in [0.1, 0.15) is 5.75 Å². The van der Waals surface area contributed by atoms with Crippen molar-refractivity contribution < 1.29 is 9.84 Å². The molecular formula is C18H21NO2. The predicted molar refractivity (Wildman–Crippen MR) is 82.6 cm³/mol. The zero-order valence-electron chi connectivity index (χ0n) is 12.3. The Morgan fingerprint density at radius 2 is 2.10 bits per heavy atom. The summed E-state index contributed by atoms with van der Waals surface area (Å²) in [5, 5.41) is 10.6. The third-order valence-electron chi connectivity index (χ3n) is 4.31. The quantitative estimate of drug-likeness (QED) is 0.937. The molecule has 1 N–H and O–H groups in total. The average Bonchev–Trinajstić information content (AvgIpc) is 2.55. The molecule has 1 aromatic heterocycles. The van der Waals surface area contributed by atoms with E-state index in [1.54, 1.807) is 7.11 Å². The smallest absolute Gasteiger partial charge is 0.118 e. The van der Waals surface area contributed by atoms with E-state index in [1.807, 2.05) is 36.5 Å². The Hall–Kier alpha value is -1.87. The van der Waals surface area contributed by atoms with E-state index in [0.29, 0.717) is 6.42 Å². The van der Waals surface area contributed by atoms with Gasteiger partial charge in [0, 0.05) is 17.8 Å². The molecule has 21 heavy (non-hydrogen) atoms. The lowest BCUT2D eigenvalue weighted by molar-refractivity contribution is 0.132. The molecule has 3 nitrogen and oxygen atoms in total. The number of hydrogen-bond donors (Lipinski definition) is 1. The van der Waals surface area contributed by atoms with Gasteiger partial charge >= 0.3 is 0 Å². The molecule has 0 saturated carbocycles. The molecule has 1 aliphatic rings. The second-order valence-corrected chi connectivity index (χ2v) is 5.67. The van der Waals surface area contributed by atoms with Crippen molar-refractivity contribution in [1.29, 1.82) is 0 Å². The number of methoxy groups -OCH3 is 1. The predicted octanol–water partition coefficient (Wildman–Crippen LogP) is 3.11. The maximum absolute atomic E-state index is 10.6. The van der Waals surface area contributed by atoms with E-state index in [4.69, 9.17) is 4.74 Å². The zero-order chi connectivity index (χ0) is 14.7. The minimum absolute atomic E-state index is 0.150. The first-order valence-electron chi connectivity index (χ1n) is 7.52. The van der Waals surface area contributed by atoms with Crippen LogP contribution in [0.4, 0.5) is 0 Å². The van der Waals surface area contributed by atoms with Gasteiger partial charge in [-0.25, -0.2) is 0 Å². The largest absolute Gasteiger partial charge is 0.497 e. The van der Waals surface area contributed by atoms with Crippen LogP contribution in [0.2, 0.25) is 0 Å². The molecule has 0 aliphatic heterocycles. The molecule has 0 saturated heterocycles. The van der Waals surface area contributed by atoms with Crippen molar-refractivity contribution in [2.45, 2.75) is 37.7 Å². The highest BCUT2D eigenvalue weighted by atomic mass is 16.5. The number of aliphatic hydroxyl groups excluding tert-OH is 1. The summed E-state index contributed by atoms with van der Waals surface area (Å²) in [4.78, 5) is 4.51. The summed E-state index contributed by atoms with van der Waals surface area (Å²) in [6.45, 7) is 0. The Kier molecular flexibility index (Phi) is 4.20. The zero-order valence-corrected chi connectivity index (χ0v) is 12.3. The Bertz CT molecular complexity index is 594. The van der Waals surface area contributed by atoms with E-state index in [-0.39, 0.29) is 12.0 Å². The van der Waals surface area contributed by atoms with Gasteiger partial charge < -0.3 is 9.84 Å². The van der Waals surface area contributed by atoms with Crippen LogP contribution in [-0.4, -0.2) is 23.3 Å². The summed E-state index contributed by atoms with van der Waals surface area (Å²) < 4.78 is 5.16. The number of rotatable bonds is 4. The van der Waals surface area contributed by atoms with Crippen LogP contribution in [0.3, 0.4) is 0 Å². The van der Waals surface area contributed by atoms with Crippen molar-refractivity contribution in [3.8, 4) is 5.75 Å². The lowest BCUT2D eigenvalue weighted by atomic mass is 9.81. The Labute approximate surface area is 125 Å². The maximum atomic E-state index is 10.6. The van der Waals surface area contributed by atoms with Gasteiger partial charge in [0.25, 0.3) is 0 Å². The van der Waals surface area contributed by atoms with Crippen LogP contribution in [0, 0.1) is 0 Å². The molecule has 3 heteroatoms. The minimum Gasteiger partial charge on any atom is -0.497 e. The number of aryl methyl sites for hydroxylation is 1. The van der Waals surface area contributed by atoms with Gasteiger partial charge in [-0.05, 0) is 55.0 Å². The maximum Gasteiger partial charge on any atom is 0.118 e. The minimum atomic E-state index is -0.382. The molecule has 0 amide bonds. The van der Waals surface area contributed by atoms with Crippen molar-refractivity contribution in [1.82, 2.24) is 4.98 Å². The highest BCUT2D eigenvalue weighted by Gasteiger charge is 2.27. The summed E-state index contributed by atoms with van der Waals surface area (Å²) in [5.74, 6) is 0.995. The summed E-state index contributed by atoms with van der Waals surface area (Å²) in [6, 6.07) is 12.0. The van der Waals surface area contributed by atoms with Crippen LogP contribution in [0.25, 0.3) is 0 Å². The topological polar surface area (TPSA) is 42.4 Å². The number of nitrogens with zero attached hydrogens (tertiary/aromatic N) is 1. The molecule has 0 radical (unpaired) electrons. The van der Waals surface area contributed by atoms with Gasteiger partial charge in [-0.3, -0.25) is 4.98 Å². The molecule has 2 unspecified atom stereocenters. The van der Waals surface area contributed by atoms with E-state index in [0.717, 1.165) is 36.3 Å². The molecule has 0 spiro atoms. The third-order valence-corrected chi connectivity index (χ3v) is 4.31. The van der Waals surface area contributed by atoms with Crippen molar-refractivity contribution in [2.75, 3.05) is 7.11 Å². The first-order valence-corrected chi connectivity index (χ1v) is 7.52. The van der Waals surface area contributed by atoms with Crippen LogP contribution in [-0.2, 0) is 12.8 Å². The van der Waals surface area contributed by atoms with Crippen molar-refractivity contribution in [3.05, 3.63) is 59.4 Å². The second-order valence-electron chi connectivity index (χ2n) is 5.67. The fourth-order valence-electron chi connectivity index (χ4n) is 3.17. The van der Waals surface area contributed by atoms with Gasteiger partial charge in [0.2, 0.25) is 0 Å². The van der Waals surface area contributed by atoms with Gasteiger partial charge in [-0.15, -0.1) is 0 Å². The number of aromatic nitrogens is 1. The first kappa shape index (κ1) is 14.1. The standard InChI is InChI=1S/C18H21NO2/c1-21-15-9-7-13(8-10-15)12-17(20)16-6-2-4-14-5-3-11-19-18(14)16/h3,5,7-11,16-17,20H,2,4,6,12H2,1H3. The first-order chi connectivity index (χ1) is 10.3. The number of benzene rings is 1. The molecule has 1 aliphatic carbocycles. The summed E-state index contributed by atoms with van der Waals surface area (Å²) in [6.07, 6.45) is 5.33. The third kappa shape index (κ3) is 3.08. The molecule has 3 rings (SSSR count). The monoisotopic (exact) mass is 283 g/mol. The van der Waals surface area contributed by atoms with E-state index < -0.39 is 0 Å². The molecule has 2 aromatic rings. The van der Waals surface area contributed by atoms with E-state index >= 15 is 0 Å². The fourth-order valence-corrected chi connectivity index (χ4v) is 3.17. The molecule has 110 valence electrons. The molecule has 1 aromatic carbocycles. The number of hydrogen-bond acceptors (Lipinski definition) is 3. The average molecular weight is 283 g/mol. The van der Waals surface area contributed by atoms with Crippen LogP contribution < -0.4 is 4.74 Å².